The van der Waals surface area contributed by atoms with Crippen molar-refractivity contribution in [3.63, 3.8) is 0 Å². The molecule has 0 saturated carbocycles. The van der Waals surface area contributed by atoms with Crippen LogP contribution in [0.3, 0.4) is 0 Å². The number of sulfonamides is 1. The van der Waals surface area contributed by atoms with Gasteiger partial charge in [-0.05, 0) is 18.1 Å². The van der Waals surface area contributed by atoms with Gasteiger partial charge in [0.1, 0.15) is 0 Å². The number of aromatic nitrogens is 1. The summed E-state index contributed by atoms with van der Waals surface area (Å²) < 4.78 is 27.4. The highest BCUT2D eigenvalue weighted by molar-refractivity contribution is 7.93. The number of carboxylic acids is 1. The zero-order chi connectivity index (χ0) is 21.0. The molecular formula is C20H19ClN2O4S2. The second kappa shape index (κ2) is 8.94. The normalized spacial score (nSPS) is 12.5. The largest absolute Gasteiger partial charge is 0.481 e. The van der Waals surface area contributed by atoms with Crippen LogP contribution in [0.25, 0.3) is 11.3 Å². The molecule has 0 aliphatic rings. The van der Waals surface area contributed by atoms with E-state index in [-0.39, 0.29) is 11.6 Å². The third-order valence-electron chi connectivity index (χ3n) is 4.42. The van der Waals surface area contributed by atoms with Crippen LogP contribution in [-0.2, 0) is 21.2 Å². The van der Waals surface area contributed by atoms with Crippen LogP contribution in [0, 0.1) is 0 Å². The summed E-state index contributed by atoms with van der Waals surface area (Å²) in [6.07, 6.45) is -0.396. The molecule has 0 aliphatic carbocycles. The molecule has 1 heterocycles. The van der Waals surface area contributed by atoms with E-state index in [1.165, 1.54) is 7.05 Å². The molecule has 0 fully saturated rings. The maximum atomic E-state index is 13.2. The molecule has 0 spiro atoms. The molecule has 152 valence electrons. The Bertz CT molecular complexity index is 1100. The third kappa shape index (κ3) is 4.95. The monoisotopic (exact) mass is 450 g/mol. The molecule has 1 aromatic heterocycles. The van der Waals surface area contributed by atoms with Crippen LogP contribution < -0.4 is 4.31 Å². The summed E-state index contributed by atoms with van der Waals surface area (Å²) in [5.74, 6) is -1.17. The average molecular weight is 451 g/mol. The first-order chi connectivity index (χ1) is 13.8. The Kier molecular flexibility index (Phi) is 6.56. The van der Waals surface area contributed by atoms with Crippen molar-refractivity contribution >= 4 is 44.1 Å². The van der Waals surface area contributed by atoms with Gasteiger partial charge in [0.05, 0.1) is 17.4 Å². The van der Waals surface area contributed by atoms with Gasteiger partial charge < -0.3 is 5.11 Å². The molecule has 6 nitrogen and oxygen atoms in total. The minimum atomic E-state index is -3.96. The Hall–Kier alpha value is -2.42. The number of carbonyl (C=O) groups is 1. The fourth-order valence-corrected chi connectivity index (χ4v) is 5.72. The zero-order valence-electron chi connectivity index (χ0n) is 15.5. The molecule has 1 unspecified atom stereocenters. The molecule has 0 radical (unpaired) electrons. The summed E-state index contributed by atoms with van der Waals surface area (Å²) in [5, 5.41) is 10.6. The minimum absolute atomic E-state index is 0.0998. The first kappa shape index (κ1) is 21.3. The van der Waals surface area contributed by atoms with E-state index in [0.29, 0.717) is 16.3 Å². The number of aliphatic carboxylic acids is 1. The van der Waals surface area contributed by atoms with Crippen molar-refractivity contribution in [3.8, 4) is 11.3 Å². The molecule has 3 rings (SSSR count). The first-order valence-corrected chi connectivity index (χ1v) is 11.5. The summed E-state index contributed by atoms with van der Waals surface area (Å²) in [5.41, 5.74) is 2.02. The van der Waals surface area contributed by atoms with Crippen molar-refractivity contribution in [1.29, 1.82) is 0 Å². The van der Waals surface area contributed by atoms with Gasteiger partial charge >= 0.3 is 5.97 Å². The van der Waals surface area contributed by atoms with Crippen LogP contribution in [-0.4, -0.2) is 36.8 Å². The average Bonchev–Trinajstić information content (AvgIpc) is 3.17. The number of hydrogen-bond donors (Lipinski definition) is 1. The van der Waals surface area contributed by atoms with Crippen molar-refractivity contribution in [2.75, 3.05) is 11.4 Å². The van der Waals surface area contributed by atoms with Gasteiger partial charge in [-0.15, -0.1) is 11.3 Å². The van der Waals surface area contributed by atoms with Crippen LogP contribution in [0.5, 0.6) is 0 Å². The van der Waals surface area contributed by atoms with Crippen molar-refractivity contribution in [3.05, 3.63) is 70.6 Å². The van der Waals surface area contributed by atoms with Gasteiger partial charge in [-0.2, -0.15) is 0 Å². The van der Waals surface area contributed by atoms with Crippen LogP contribution >= 0.6 is 22.9 Å². The van der Waals surface area contributed by atoms with E-state index in [4.69, 9.17) is 11.6 Å². The third-order valence-corrected chi connectivity index (χ3v) is 7.90. The van der Waals surface area contributed by atoms with Crippen molar-refractivity contribution in [2.45, 2.75) is 18.1 Å². The molecule has 1 atom stereocenters. The van der Waals surface area contributed by atoms with E-state index in [1.54, 1.807) is 47.8 Å². The predicted octanol–water partition coefficient (Wildman–Crippen LogP) is 4.32. The Morgan fingerprint density at radius 1 is 1.17 bits per heavy atom. The van der Waals surface area contributed by atoms with Gasteiger partial charge in [-0.1, -0.05) is 60.1 Å². The number of halogens is 1. The fraction of sp³-hybridized carbons (Fsp3) is 0.200. The molecule has 2 aromatic carbocycles. The standard InChI is InChI=1S/C20H19ClN2O4S2/c1-23(20-22-18(13-28-20)16-9-5-6-10-17(16)21)29(26,27)15(12-19(24)25)11-14-7-3-2-4-8-14/h2-10,13,15H,11-12H2,1H3,(H,24,25). The van der Waals surface area contributed by atoms with Gasteiger partial charge in [0.2, 0.25) is 10.0 Å². The van der Waals surface area contributed by atoms with Crippen LogP contribution in [0.4, 0.5) is 5.13 Å². The molecule has 9 heteroatoms. The number of thiazole rings is 1. The lowest BCUT2D eigenvalue weighted by Gasteiger charge is -2.23. The Morgan fingerprint density at radius 3 is 2.48 bits per heavy atom. The summed E-state index contributed by atoms with van der Waals surface area (Å²) in [7, 11) is -2.57. The summed E-state index contributed by atoms with van der Waals surface area (Å²) in [6.45, 7) is 0. The Morgan fingerprint density at radius 2 is 1.83 bits per heavy atom. The zero-order valence-corrected chi connectivity index (χ0v) is 17.9. The molecule has 1 N–H and O–H groups in total. The number of rotatable bonds is 8. The van der Waals surface area contributed by atoms with Gasteiger partial charge in [0.15, 0.2) is 5.13 Å². The SMILES string of the molecule is CN(c1nc(-c2ccccc2Cl)cs1)S(=O)(=O)C(CC(=O)O)Cc1ccccc1. The van der Waals surface area contributed by atoms with E-state index in [0.717, 1.165) is 21.2 Å². The lowest BCUT2D eigenvalue weighted by atomic mass is 10.1. The maximum Gasteiger partial charge on any atom is 0.304 e. The molecular weight excluding hydrogens is 432 g/mol. The van der Waals surface area contributed by atoms with Crippen molar-refractivity contribution in [2.24, 2.45) is 0 Å². The van der Waals surface area contributed by atoms with Crippen molar-refractivity contribution < 1.29 is 18.3 Å². The van der Waals surface area contributed by atoms with Gasteiger partial charge in [0, 0.05) is 23.0 Å². The second-order valence-corrected chi connectivity index (χ2v) is 9.91. The van der Waals surface area contributed by atoms with E-state index in [1.807, 2.05) is 12.1 Å². The van der Waals surface area contributed by atoms with E-state index in [9.17, 15) is 18.3 Å². The van der Waals surface area contributed by atoms with Gasteiger partial charge in [0.25, 0.3) is 0 Å². The van der Waals surface area contributed by atoms with Crippen LogP contribution in [0.15, 0.2) is 60.0 Å². The molecule has 0 bridgehead atoms. The molecule has 0 aliphatic heterocycles. The summed E-state index contributed by atoms with van der Waals surface area (Å²) >= 11 is 7.36. The van der Waals surface area contributed by atoms with Gasteiger partial charge in [-0.25, -0.2) is 17.7 Å². The highest BCUT2D eigenvalue weighted by atomic mass is 35.5. The Balaban J connectivity index is 1.90. The Labute approximate surface area is 178 Å². The predicted molar refractivity (Wildman–Crippen MR) is 116 cm³/mol. The lowest BCUT2D eigenvalue weighted by Crippen LogP contribution is -2.38. The number of carboxylic acid groups (broad SMARTS) is 1. The number of nitrogens with zero attached hydrogens (tertiary/aromatic N) is 2. The second-order valence-electron chi connectivity index (χ2n) is 6.42. The number of anilines is 1. The van der Waals surface area contributed by atoms with Gasteiger partial charge in [-0.3, -0.25) is 4.79 Å². The topological polar surface area (TPSA) is 87.6 Å². The number of hydrogen-bond acceptors (Lipinski definition) is 5. The fourth-order valence-electron chi connectivity index (χ4n) is 2.89. The van der Waals surface area contributed by atoms with E-state index < -0.39 is 27.7 Å². The summed E-state index contributed by atoms with van der Waals surface area (Å²) in [4.78, 5) is 15.7. The van der Waals surface area contributed by atoms with Crippen molar-refractivity contribution in [1.82, 2.24) is 4.98 Å². The highest BCUT2D eigenvalue weighted by Crippen LogP contribution is 2.33. The van der Waals surface area contributed by atoms with Crippen LogP contribution in [0.1, 0.15) is 12.0 Å². The molecule has 0 amide bonds. The molecule has 0 saturated heterocycles. The van der Waals surface area contributed by atoms with E-state index >= 15 is 0 Å². The highest BCUT2D eigenvalue weighted by Gasteiger charge is 2.33. The molecule has 3 aromatic rings. The quantitative estimate of drug-likeness (QED) is 0.552. The summed E-state index contributed by atoms with van der Waals surface area (Å²) in [6, 6.07) is 16.1. The van der Waals surface area contributed by atoms with Crippen LogP contribution in [0.2, 0.25) is 5.02 Å². The minimum Gasteiger partial charge on any atom is -0.481 e. The lowest BCUT2D eigenvalue weighted by molar-refractivity contribution is -0.137. The number of benzene rings is 2. The maximum absolute atomic E-state index is 13.2. The molecule has 29 heavy (non-hydrogen) atoms. The first-order valence-electron chi connectivity index (χ1n) is 8.73. The smallest absolute Gasteiger partial charge is 0.304 e. The van der Waals surface area contributed by atoms with E-state index in [2.05, 4.69) is 4.98 Å².